The molecular weight excluding hydrogens is 374 g/mol. The van der Waals surface area contributed by atoms with Crippen molar-refractivity contribution in [2.45, 2.75) is 32.7 Å². The summed E-state index contributed by atoms with van der Waals surface area (Å²) in [5.74, 6) is -0.101. The fraction of sp³-hybridized carbons (Fsp3) is 0.217. The van der Waals surface area contributed by atoms with E-state index in [4.69, 9.17) is 16.3 Å². The number of nitrogens with one attached hydrogen (secondary N) is 1. The van der Waals surface area contributed by atoms with Gasteiger partial charge in [-0.3, -0.25) is 9.59 Å². The summed E-state index contributed by atoms with van der Waals surface area (Å²) < 4.78 is 5.50. The maximum Gasteiger partial charge on any atom is 0.308 e. The summed E-state index contributed by atoms with van der Waals surface area (Å²) in [6.45, 7) is 3.31. The van der Waals surface area contributed by atoms with Crippen LogP contribution in [0.2, 0.25) is 5.02 Å². The number of esters is 1. The van der Waals surface area contributed by atoms with Crippen LogP contribution in [0.15, 0.2) is 60.7 Å². The zero-order valence-electron chi connectivity index (χ0n) is 15.9. The van der Waals surface area contributed by atoms with Gasteiger partial charge in [0.05, 0.1) is 6.04 Å². The first-order valence-corrected chi connectivity index (χ1v) is 9.63. The number of carbonyl (C=O) groups excluding carboxylic acids is 2. The van der Waals surface area contributed by atoms with E-state index in [0.29, 0.717) is 22.8 Å². The lowest BCUT2D eigenvalue weighted by Gasteiger charge is -2.24. The van der Waals surface area contributed by atoms with Crippen LogP contribution >= 0.6 is 11.6 Å². The van der Waals surface area contributed by atoms with E-state index in [-0.39, 0.29) is 5.91 Å². The number of fused-ring (bicyclic) bond motifs is 1. The maximum absolute atomic E-state index is 12.5. The molecular formula is C23H22ClNO3. The van der Waals surface area contributed by atoms with Crippen LogP contribution in [0.4, 0.5) is 0 Å². The SMILES string of the molecule is CCCC(=O)N[C@H](c1ccccc1Cl)c1c(OC(C)=O)ccc2ccccc12. The minimum absolute atomic E-state index is 0.0888. The Kier molecular flexibility index (Phi) is 6.32. The summed E-state index contributed by atoms with van der Waals surface area (Å²) in [5, 5.41) is 5.49. The highest BCUT2D eigenvalue weighted by atomic mass is 35.5. The maximum atomic E-state index is 12.5. The third-order valence-electron chi connectivity index (χ3n) is 4.47. The van der Waals surface area contributed by atoms with Crippen LogP contribution in [0.25, 0.3) is 10.8 Å². The molecule has 3 aromatic rings. The van der Waals surface area contributed by atoms with Crippen molar-refractivity contribution in [1.82, 2.24) is 5.32 Å². The van der Waals surface area contributed by atoms with Gasteiger partial charge in [0.2, 0.25) is 5.91 Å². The van der Waals surface area contributed by atoms with Gasteiger partial charge < -0.3 is 10.1 Å². The largest absolute Gasteiger partial charge is 0.426 e. The fourth-order valence-corrected chi connectivity index (χ4v) is 3.54. The van der Waals surface area contributed by atoms with Gasteiger partial charge in [-0.05, 0) is 34.9 Å². The molecule has 0 bridgehead atoms. The van der Waals surface area contributed by atoms with Crippen molar-refractivity contribution in [3.63, 3.8) is 0 Å². The van der Waals surface area contributed by atoms with Crippen LogP contribution < -0.4 is 10.1 Å². The van der Waals surface area contributed by atoms with E-state index in [1.165, 1.54) is 6.92 Å². The number of ether oxygens (including phenoxy) is 1. The second-order valence-corrected chi connectivity index (χ2v) is 6.97. The third kappa shape index (κ3) is 4.34. The van der Waals surface area contributed by atoms with Crippen molar-refractivity contribution in [3.8, 4) is 5.75 Å². The molecule has 0 saturated carbocycles. The Morgan fingerprint density at radius 3 is 2.46 bits per heavy atom. The van der Waals surface area contributed by atoms with Gasteiger partial charge in [0.25, 0.3) is 0 Å². The lowest BCUT2D eigenvalue weighted by Crippen LogP contribution is -2.30. The zero-order valence-corrected chi connectivity index (χ0v) is 16.6. The molecule has 3 aromatic carbocycles. The first-order chi connectivity index (χ1) is 13.5. The molecule has 0 heterocycles. The highest BCUT2D eigenvalue weighted by molar-refractivity contribution is 6.31. The van der Waals surface area contributed by atoms with Gasteiger partial charge in [-0.25, -0.2) is 0 Å². The van der Waals surface area contributed by atoms with Gasteiger partial charge in [0.15, 0.2) is 0 Å². The van der Waals surface area contributed by atoms with E-state index in [9.17, 15) is 9.59 Å². The molecule has 0 saturated heterocycles. The number of hydrogen-bond donors (Lipinski definition) is 1. The van der Waals surface area contributed by atoms with Gasteiger partial charge in [-0.1, -0.05) is 67.1 Å². The fourth-order valence-electron chi connectivity index (χ4n) is 3.29. The van der Waals surface area contributed by atoms with Crippen LogP contribution in [0.3, 0.4) is 0 Å². The van der Waals surface area contributed by atoms with E-state index >= 15 is 0 Å². The summed E-state index contributed by atoms with van der Waals surface area (Å²) in [7, 11) is 0. The first-order valence-electron chi connectivity index (χ1n) is 9.25. The smallest absolute Gasteiger partial charge is 0.308 e. The number of amides is 1. The molecule has 4 nitrogen and oxygen atoms in total. The van der Waals surface area contributed by atoms with Crippen molar-refractivity contribution in [1.29, 1.82) is 0 Å². The first kappa shape index (κ1) is 19.9. The molecule has 0 aromatic heterocycles. The molecule has 0 aliphatic rings. The Morgan fingerprint density at radius 2 is 1.75 bits per heavy atom. The predicted molar refractivity (Wildman–Crippen MR) is 112 cm³/mol. The van der Waals surface area contributed by atoms with Gasteiger partial charge in [-0.15, -0.1) is 0 Å². The Bertz CT molecular complexity index is 1020. The Labute approximate surface area is 169 Å². The summed E-state index contributed by atoms with van der Waals surface area (Å²) >= 11 is 6.48. The molecule has 0 radical (unpaired) electrons. The number of benzene rings is 3. The lowest BCUT2D eigenvalue weighted by atomic mass is 9.92. The summed E-state index contributed by atoms with van der Waals surface area (Å²) in [4.78, 5) is 24.2. The van der Waals surface area contributed by atoms with Gasteiger partial charge in [0.1, 0.15) is 5.75 Å². The molecule has 0 unspecified atom stereocenters. The molecule has 28 heavy (non-hydrogen) atoms. The average Bonchev–Trinajstić information content (AvgIpc) is 2.67. The highest BCUT2D eigenvalue weighted by Gasteiger charge is 2.25. The molecule has 1 amide bonds. The molecule has 144 valence electrons. The molecule has 0 spiro atoms. The molecule has 0 aliphatic heterocycles. The monoisotopic (exact) mass is 395 g/mol. The highest BCUT2D eigenvalue weighted by Crippen LogP contribution is 2.38. The van der Waals surface area contributed by atoms with Crippen molar-refractivity contribution < 1.29 is 14.3 Å². The van der Waals surface area contributed by atoms with E-state index in [1.54, 1.807) is 12.1 Å². The van der Waals surface area contributed by atoms with E-state index < -0.39 is 12.0 Å². The average molecular weight is 396 g/mol. The second-order valence-electron chi connectivity index (χ2n) is 6.56. The second kappa shape index (κ2) is 8.89. The van der Waals surface area contributed by atoms with Crippen LogP contribution in [0.1, 0.15) is 43.9 Å². The molecule has 1 atom stereocenters. The standard InChI is InChI=1S/C23H22ClNO3/c1-3-8-21(27)25-23(18-11-6-7-12-19(18)24)22-17-10-5-4-9-16(17)13-14-20(22)28-15(2)26/h4-7,9-14,23H,3,8H2,1-2H3,(H,25,27)/t23-/m1/s1. The molecule has 3 rings (SSSR count). The summed E-state index contributed by atoms with van der Waals surface area (Å²) in [6, 6.07) is 18.3. The summed E-state index contributed by atoms with van der Waals surface area (Å²) in [5.41, 5.74) is 1.46. The number of halogens is 1. The van der Waals surface area contributed by atoms with E-state index in [2.05, 4.69) is 5.32 Å². The predicted octanol–water partition coefficient (Wildman–Crippen LogP) is 5.42. The molecule has 0 aliphatic carbocycles. The Balaban J connectivity index is 2.26. The number of carbonyl (C=O) groups is 2. The topological polar surface area (TPSA) is 55.4 Å². The zero-order chi connectivity index (χ0) is 20.1. The van der Waals surface area contributed by atoms with Crippen LogP contribution in [0.5, 0.6) is 5.75 Å². The summed E-state index contributed by atoms with van der Waals surface area (Å²) in [6.07, 6.45) is 1.13. The van der Waals surface area contributed by atoms with Gasteiger partial charge in [-0.2, -0.15) is 0 Å². The lowest BCUT2D eigenvalue weighted by molar-refractivity contribution is -0.131. The van der Waals surface area contributed by atoms with Crippen molar-refractivity contribution in [2.75, 3.05) is 0 Å². The normalized spacial score (nSPS) is 11.8. The molecule has 1 N–H and O–H groups in total. The van der Waals surface area contributed by atoms with Crippen LogP contribution in [0, 0.1) is 0 Å². The minimum atomic E-state index is -0.548. The third-order valence-corrected chi connectivity index (χ3v) is 4.82. The molecule has 5 heteroatoms. The van der Waals surface area contributed by atoms with Crippen LogP contribution in [-0.4, -0.2) is 11.9 Å². The number of hydrogen-bond acceptors (Lipinski definition) is 3. The quantitative estimate of drug-likeness (QED) is 0.447. The van der Waals surface area contributed by atoms with Crippen molar-refractivity contribution in [3.05, 3.63) is 76.8 Å². The van der Waals surface area contributed by atoms with Gasteiger partial charge in [0, 0.05) is 23.9 Å². The Hall–Kier alpha value is -2.85. The van der Waals surface area contributed by atoms with Gasteiger partial charge >= 0.3 is 5.97 Å². The minimum Gasteiger partial charge on any atom is -0.426 e. The van der Waals surface area contributed by atoms with Crippen molar-refractivity contribution in [2.24, 2.45) is 0 Å². The van der Waals surface area contributed by atoms with Crippen molar-refractivity contribution >= 4 is 34.2 Å². The van der Waals surface area contributed by atoms with E-state index in [0.717, 1.165) is 22.8 Å². The van der Waals surface area contributed by atoms with E-state index in [1.807, 2.05) is 55.5 Å². The van der Waals surface area contributed by atoms with Crippen LogP contribution in [-0.2, 0) is 9.59 Å². The Morgan fingerprint density at radius 1 is 1.04 bits per heavy atom. The molecule has 0 fully saturated rings. The number of rotatable bonds is 6.